The number of benzene rings is 2. The summed E-state index contributed by atoms with van der Waals surface area (Å²) in [6.45, 7) is 0. The number of hydrogen-bond donors (Lipinski definition) is 0. The van der Waals surface area contributed by atoms with Crippen molar-refractivity contribution in [1.82, 2.24) is 29.8 Å². The van der Waals surface area contributed by atoms with Crippen molar-refractivity contribution >= 4 is 22.6 Å². The van der Waals surface area contributed by atoms with Gasteiger partial charge in [0.1, 0.15) is 24.2 Å². The Hall–Kier alpha value is -2.73. The maximum absolute atomic E-state index is 6.01. The predicted octanol–water partition coefficient (Wildman–Crippen LogP) is 2.85. The lowest BCUT2D eigenvalue weighted by Crippen LogP contribution is -2.13. The molecule has 1 unspecified atom stereocenters. The number of aryl methyl sites for hydroxylation is 1. The summed E-state index contributed by atoms with van der Waals surface area (Å²) >= 11 is 6.01. The fourth-order valence-corrected chi connectivity index (χ4v) is 2.85. The van der Waals surface area contributed by atoms with Crippen molar-refractivity contribution in [3.8, 4) is 0 Å². The molecule has 0 aliphatic heterocycles. The molecule has 0 aliphatic rings. The zero-order valence-corrected chi connectivity index (χ0v) is 13.1. The lowest BCUT2D eigenvalue weighted by Gasteiger charge is -2.18. The van der Waals surface area contributed by atoms with Gasteiger partial charge >= 0.3 is 0 Å². The number of rotatable bonds is 3. The van der Waals surface area contributed by atoms with Gasteiger partial charge in [0.25, 0.3) is 0 Å². The SMILES string of the molecule is [11CH3]n1nnc2cc(C(c3ccc(Cl)cc3)n3cncn3)ccc21. The van der Waals surface area contributed by atoms with E-state index in [-0.39, 0.29) is 6.04 Å². The minimum absolute atomic E-state index is 0.0961. The van der Waals surface area contributed by atoms with Crippen molar-refractivity contribution in [2.75, 3.05) is 0 Å². The van der Waals surface area contributed by atoms with Crippen LogP contribution >= 0.6 is 11.6 Å². The van der Waals surface area contributed by atoms with Crippen LogP contribution in [0.3, 0.4) is 0 Å². The van der Waals surface area contributed by atoms with Crippen molar-refractivity contribution in [1.29, 1.82) is 0 Å². The van der Waals surface area contributed by atoms with Gasteiger partial charge in [-0.05, 0) is 35.4 Å². The van der Waals surface area contributed by atoms with E-state index < -0.39 is 0 Å². The summed E-state index contributed by atoms with van der Waals surface area (Å²) in [7, 11) is 1.88. The van der Waals surface area contributed by atoms with E-state index in [1.165, 1.54) is 6.33 Å². The van der Waals surface area contributed by atoms with Crippen molar-refractivity contribution in [3.05, 3.63) is 71.3 Å². The summed E-state index contributed by atoms with van der Waals surface area (Å²) in [4.78, 5) is 4.07. The van der Waals surface area contributed by atoms with Crippen LogP contribution in [0.15, 0.2) is 55.1 Å². The van der Waals surface area contributed by atoms with E-state index in [1.54, 1.807) is 11.0 Å². The minimum Gasteiger partial charge on any atom is -0.248 e. The Labute approximate surface area is 137 Å². The first-order chi connectivity index (χ1) is 11.2. The zero-order valence-electron chi connectivity index (χ0n) is 12.3. The first kappa shape index (κ1) is 13.9. The van der Waals surface area contributed by atoms with E-state index in [9.17, 15) is 0 Å². The van der Waals surface area contributed by atoms with E-state index in [4.69, 9.17) is 11.6 Å². The molecule has 1 atom stereocenters. The molecule has 4 rings (SSSR count). The molecule has 23 heavy (non-hydrogen) atoms. The third kappa shape index (κ3) is 2.47. The monoisotopic (exact) mass is 323 g/mol. The molecule has 114 valence electrons. The van der Waals surface area contributed by atoms with Gasteiger partial charge in [-0.3, -0.25) is 0 Å². The highest BCUT2D eigenvalue weighted by molar-refractivity contribution is 6.30. The molecule has 0 saturated carbocycles. The molecule has 0 amide bonds. The van der Waals surface area contributed by atoms with Crippen LogP contribution < -0.4 is 0 Å². The quantitative estimate of drug-likeness (QED) is 0.581. The fourth-order valence-electron chi connectivity index (χ4n) is 2.72. The van der Waals surface area contributed by atoms with Gasteiger partial charge in [-0.25, -0.2) is 14.3 Å². The van der Waals surface area contributed by atoms with Gasteiger partial charge in [0.05, 0.1) is 5.52 Å². The third-order valence-electron chi connectivity index (χ3n) is 3.84. The minimum atomic E-state index is -0.0961. The summed E-state index contributed by atoms with van der Waals surface area (Å²) < 4.78 is 3.58. The maximum atomic E-state index is 6.01. The molecule has 7 heteroatoms. The van der Waals surface area contributed by atoms with Crippen molar-refractivity contribution in [2.45, 2.75) is 6.04 Å². The standard InChI is InChI=1S/C16H13ClN6/c1-22-15-7-4-12(8-14(15)20-21-22)16(23-10-18-9-19-23)11-2-5-13(17)6-3-11/h2-10,16H,1H3/i1-1. The van der Waals surface area contributed by atoms with E-state index in [0.717, 1.165) is 22.2 Å². The largest absolute Gasteiger partial charge is 0.248 e. The molecule has 0 saturated heterocycles. The molecule has 0 fully saturated rings. The molecule has 6 nitrogen and oxygen atoms in total. The van der Waals surface area contributed by atoms with Crippen LogP contribution in [-0.2, 0) is 7.05 Å². The number of nitrogens with zero attached hydrogens (tertiary/aromatic N) is 6. The van der Waals surface area contributed by atoms with Gasteiger partial charge in [0.15, 0.2) is 0 Å². The van der Waals surface area contributed by atoms with Crippen molar-refractivity contribution < 1.29 is 0 Å². The second-order valence-corrected chi connectivity index (χ2v) is 5.73. The number of fused-ring (bicyclic) bond motifs is 1. The Balaban J connectivity index is 1.88. The summed E-state index contributed by atoms with van der Waals surface area (Å²) in [5.41, 5.74) is 3.97. The molecular formula is C16H13ClN6. The van der Waals surface area contributed by atoms with Crippen LogP contribution in [0.4, 0.5) is 0 Å². The highest BCUT2D eigenvalue weighted by Gasteiger charge is 2.18. The highest BCUT2D eigenvalue weighted by atomic mass is 35.5. The smallest absolute Gasteiger partial charge is 0.137 e. The summed E-state index contributed by atoms with van der Waals surface area (Å²) in [5.74, 6) is 0. The van der Waals surface area contributed by atoms with E-state index in [1.807, 2.05) is 48.1 Å². The average Bonchev–Trinajstić information content (AvgIpc) is 3.20. The molecule has 0 radical (unpaired) electrons. The Bertz CT molecular complexity index is 943. The summed E-state index contributed by atoms with van der Waals surface area (Å²) in [6.07, 6.45) is 3.24. The van der Waals surface area contributed by atoms with Gasteiger partial charge in [0, 0.05) is 12.1 Å². The van der Waals surface area contributed by atoms with Crippen LogP contribution in [0, 0.1) is 0 Å². The Morgan fingerprint density at radius 3 is 2.57 bits per heavy atom. The molecule has 2 aromatic carbocycles. The molecule has 0 N–H and O–H groups in total. The lowest BCUT2D eigenvalue weighted by molar-refractivity contribution is 0.594. The van der Waals surface area contributed by atoms with Gasteiger partial charge in [0.2, 0.25) is 0 Å². The Morgan fingerprint density at radius 2 is 1.83 bits per heavy atom. The Kier molecular flexibility index (Phi) is 3.31. The molecule has 0 spiro atoms. The normalized spacial score (nSPS) is 12.6. The molecule has 2 heterocycles. The van der Waals surface area contributed by atoms with Crippen LogP contribution in [-0.4, -0.2) is 29.8 Å². The van der Waals surface area contributed by atoms with Gasteiger partial charge in [-0.15, -0.1) is 5.10 Å². The number of aromatic nitrogens is 6. The zero-order chi connectivity index (χ0) is 15.8. The first-order valence-electron chi connectivity index (χ1n) is 7.11. The Morgan fingerprint density at radius 1 is 1.04 bits per heavy atom. The van der Waals surface area contributed by atoms with Crippen molar-refractivity contribution in [2.24, 2.45) is 7.05 Å². The van der Waals surface area contributed by atoms with Gasteiger partial charge in [-0.1, -0.05) is 35.0 Å². The second kappa shape index (κ2) is 5.48. The van der Waals surface area contributed by atoms with E-state index in [2.05, 4.69) is 26.5 Å². The van der Waals surface area contributed by atoms with Crippen LogP contribution in [0.5, 0.6) is 0 Å². The average molecular weight is 324 g/mol. The molecule has 4 aromatic rings. The van der Waals surface area contributed by atoms with Crippen LogP contribution in [0.25, 0.3) is 11.0 Å². The fraction of sp³-hybridized carbons (Fsp3) is 0.125. The second-order valence-electron chi connectivity index (χ2n) is 5.29. The highest BCUT2D eigenvalue weighted by Crippen LogP contribution is 2.28. The predicted molar refractivity (Wildman–Crippen MR) is 87.2 cm³/mol. The van der Waals surface area contributed by atoms with Crippen LogP contribution in [0.2, 0.25) is 5.02 Å². The lowest BCUT2D eigenvalue weighted by atomic mass is 9.98. The molecule has 2 aromatic heterocycles. The van der Waals surface area contributed by atoms with Crippen molar-refractivity contribution in [3.63, 3.8) is 0 Å². The maximum Gasteiger partial charge on any atom is 0.137 e. The molecule has 0 bridgehead atoms. The van der Waals surface area contributed by atoms with Crippen LogP contribution in [0.1, 0.15) is 17.2 Å². The number of hydrogen-bond acceptors (Lipinski definition) is 4. The third-order valence-corrected chi connectivity index (χ3v) is 4.09. The van der Waals surface area contributed by atoms with Gasteiger partial charge < -0.3 is 0 Å². The van der Waals surface area contributed by atoms with Gasteiger partial charge in [-0.2, -0.15) is 5.10 Å². The summed E-state index contributed by atoms with van der Waals surface area (Å²) in [6, 6.07) is 13.8. The van der Waals surface area contributed by atoms with E-state index >= 15 is 0 Å². The molecular weight excluding hydrogens is 311 g/mol. The first-order valence-corrected chi connectivity index (χ1v) is 7.49. The van der Waals surface area contributed by atoms with E-state index in [0.29, 0.717) is 5.02 Å². The molecule has 0 aliphatic carbocycles. The number of halogens is 1. The summed E-state index contributed by atoms with van der Waals surface area (Å²) in [5, 5.41) is 13.3. The topological polar surface area (TPSA) is 61.4 Å².